The van der Waals surface area contributed by atoms with E-state index in [1.165, 1.54) is 6.07 Å². The summed E-state index contributed by atoms with van der Waals surface area (Å²) in [6, 6.07) is 1.28. The first kappa shape index (κ1) is 11.3. The van der Waals surface area contributed by atoms with Crippen LogP contribution in [0.3, 0.4) is 0 Å². The molecule has 0 aliphatic rings. The lowest BCUT2D eigenvalue weighted by Crippen LogP contribution is -2.20. The van der Waals surface area contributed by atoms with Crippen LogP contribution in [0.4, 0.5) is 0 Å². The van der Waals surface area contributed by atoms with Gasteiger partial charge in [-0.2, -0.15) is 0 Å². The molecule has 0 spiro atoms. The number of carbonyl (C=O) groups excluding carboxylic acids is 1. The fourth-order valence-corrected chi connectivity index (χ4v) is 1.25. The van der Waals surface area contributed by atoms with E-state index in [9.17, 15) is 14.7 Å². The number of amides is 1. The molecule has 0 saturated heterocycles. The molecule has 15 heavy (non-hydrogen) atoms. The summed E-state index contributed by atoms with van der Waals surface area (Å²) >= 11 is 0. The molecule has 1 aromatic rings. The van der Waals surface area contributed by atoms with Crippen LogP contribution < -0.4 is 10.7 Å². The second-order valence-electron chi connectivity index (χ2n) is 3.23. The second-order valence-corrected chi connectivity index (χ2v) is 3.23. The van der Waals surface area contributed by atoms with E-state index in [1.54, 1.807) is 24.7 Å². The molecule has 0 atom stereocenters. The first-order chi connectivity index (χ1) is 7.06. The first-order valence-electron chi connectivity index (χ1n) is 4.66. The van der Waals surface area contributed by atoms with E-state index in [0.717, 1.165) is 0 Å². The Bertz CT molecular complexity index is 423. The van der Waals surface area contributed by atoms with Gasteiger partial charge >= 0.3 is 0 Å². The van der Waals surface area contributed by atoms with Crippen LogP contribution >= 0.6 is 0 Å². The first-order valence-corrected chi connectivity index (χ1v) is 4.66. The van der Waals surface area contributed by atoms with Gasteiger partial charge in [-0.15, -0.1) is 0 Å². The zero-order valence-electron chi connectivity index (χ0n) is 8.78. The second kappa shape index (κ2) is 4.63. The standard InChI is InChI=1S/C10H14N2O3/c1-7-10(15)8(13)3-5-12(7)6-4-9(14)11-2/h3,5,15H,4,6H2,1-2H3,(H,11,14). The number of carbonyl (C=O) groups is 1. The Kier molecular flexibility index (Phi) is 3.49. The molecule has 0 aromatic carbocycles. The van der Waals surface area contributed by atoms with Gasteiger partial charge in [-0.1, -0.05) is 0 Å². The lowest BCUT2D eigenvalue weighted by atomic mass is 10.3. The van der Waals surface area contributed by atoms with Gasteiger partial charge in [0.05, 0.1) is 5.69 Å². The highest BCUT2D eigenvalue weighted by Crippen LogP contribution is 2.09. The van der Waals surface area contributed by atoms with E-state index < -0.39 is 5.43 Å². The van der Waals surface area contributed by atoms with Gasteiger partial charge in [0.25, 0.3) is 0 Å². The van der Waals surface area contributed by atoms with Crippen LogP contribution in [0.5, 0.6) is 5.75 Å². The minimum absolute atomic E-state index is 0.0763. The highest BCUT2D eigenvalue weighted by molar-refractivity contribution is 5.75. The Morgan fingerprint density at radius 1 is 1.60 bits per heavy atom. The molecule has 82 valence electrons. The van der Waals surface area contributed by atoms with Crippen LogP contribution in [-0.2, 0) is 11.3 Å². The summed E-state index contributed by atoms with van der Waals surface area (Å²) in [7, 11) is 1.57. The van der Waals surface area contributed by atoms with E-state index in [0.29, 0.717) is 18.7 Å². The van der Waals surface area contributed by atoms with Crippen molar-refractivity contribution in [1.82, 2.24) is 9.88 Å². The minimum Gasteiger partial charge on any atom is -0.503 e. The predicted octanol–water partition coefficient (Wildman–Crippen LogP) is -0.00158. The van der Waals surface area contributed by atoms with Gasteiger partial charge in [0.1, 0.15) is 0 Å². The van der Waals surface area contributed by atoms with Crippen molar-refractivity contribution in [1.29, 1.82) is 0 Å². The molecule has 0 bridgehead atoms. The molecule has 5 heteroatoms. The van der Waals surface area contributed by atoms with Crippen LogP contribution in [-0.4, -0.2) is 22.6 Å². The number of hydrogen-bond acceptors (Lipinski definition) is 3. The monoisotopic (exact) mass is 210 g/mol. The molecule has 1 amide bonds. The maximum absolute atomic E-state index is 11.0. The molecule has 0 radical (unpaired) electrons. The van der Waals surface area contributed by atoms with Gasteiger partial charge in [-0.3, -0.25) is 9.59 Å². The van der Waals surface area contributed by atoms with Gasteiger partial charge in [0, 0.05) is 32.3 Å². The summed E-state index contributed by atoms with van der Waals surface area (Å²) in [4.78, 5) is 22.0. The third-order valence-electron chi connectivity index (χ3n) is 2.27. The van der Waals surface area contributed by atoms with Gasteiger partial charge in [-0.25, -0.2) is 0 Å². The average Bonchev–Trinajstić information content (AvgIpc) is 2.24. The van der Waals surface area contributed by atoms with Crippen LogP contribution in [0.15, 0.2) is 17.1 Å². The van der Waals surface area contributed by atoms with Crippen molar-refractivity contribution in [3.05, 3.63) is 28.2 Å². The van der Waals surface area contributed by atoms with E-state index in [-0.39, 0.29) is 11.7 Å². The van der Waals surface area contributed by atoms with E-state index in [2.05, 4.69) is 5.32 Å². The Morgan fingerprint density at radius 3 is 2.87 bits per heavy atom. The Balaban J connectivity index is 2.83. The highest BCUT2D eigenvalue weighted by Gasteiger charge is 2.06. The maximum atomic E-state index is 11.0. The van der Waals surface area contributed by atoms with E-state index >= 15 is 0 Å². The third-order valence-corrected chi connectivity index (χ3v) is 2.27. The fourth-order valence-electron chi connectivity index (χ4n) is 1.25. The van der Waals surface area contributed by atoms with Crippen molar-refractivity contribution in [2.45, 2.75) is 19.9 Å². The third kappa shape index (κ3) is 2.59. The van der Waals surface area contributed by atoms with Crippen molar-refractivity contribution in [2.75, 3.05) is 7.05 Å². The lowest BCUT2D eigenvalue weighted by Gasteiger charge is -2.10. The minimum atomic E-state index is -0.399. The molecule has 2 N–H and O–H groups in total. The van der Waals surface area contributed by atoms with Gasteiger partial charge in [-0.05, 0) is 6.92 Å². The lowest BCUT2D eigenvalue weighted by molar-refractivity contribution is -0.120. The molecule has 5 nitrogen and oxygen atoms in total. The Morgan fingerprint density at radius 2 is 2.27 bits per heavy atom. The summed E-state index contributed by atoms with van der Waals surface area (Å²) in [6.07, 6.45) is 1.89. The summed E-state index contributed by atoms with van der Waals surface area (Å²) in [5.41, 5.74) is 0.0788. The van der Waals surface area contributed by atoms with Gasteiger partial charge < -0.3 is 15.0 Å². The topological polar surface area (TPSA) is 71.3 Å². The normalized spacial score (nSPS) is 10.0. The SMILES string of the molecule is CNC(=O)CCn1ccc(=O)c(O)c1C. The number of aryl methyl sites for hydroxylation is 1. The average molecular weight is 210 g/mol. The van der Waals surface area contributed by atoms with Crippen LogP contribution in [0, 0.1) is 6.92 Å². The molecule has 0 saturated carbocycles. The predicted molar refractivity (Wildman–Crippen MR) is 55.8 cm³/mol. The maximum Gasteiger partial charge on any atom is 0.223 e. The number of aromatic nitrogens is 1. The Labute approximate surface area is 87.4 Å². The van der Waals surface area contributed by atoms with Crippen molar-refractivity contribution in [3.8, 4) is 5.75 Å². The van der Waals surface area contributed by atoms with Crippen molar-refractivity contribution >= 4 is 5.91 Å². The number of hydrogen-bond donors (Lipinski definition) is 2. The van der Waals surface area contributed by atoms with Gasteiger partial charge in [0.15, 0.2) is 5.75 Å². The molecular weight excluding hydrogens is 196 g/mol. The number of nitrogens with zero attached hydrogens (tertiary/aromatic N) is 1. The molecular formula is C10H14N2O3. The summed E-state index contributed by atoms with van der Waals surface area (Å²) in [5, 5.41) is 11.9. The number of aromatic hydroxyl groups is 1. The van der Waals surface area contributed by atoms with Crippen LogP contribution in [0.2, 0.25) is 0 Å². The smallest absolute Gasteiger partial charge is 0.223 e. The molecule has 0 aliphatic carbocycles. The summed E-state index contributed by atoms with van der Waals surface area (Å²) < 4.78 is 1.67. The zero-order valence-corrected chi connectivity index (χ0v) is 8.78. The van der Waals surface area contributed by atoms with Crippen molar-refractivity contribution < 1.29 is 9.90 Å². The number of pyridine rings is 1. The quantitative estimate of drug-likeness (QED) is 0.737. The van der Waals surface area contributed by atoms with Crippen molar-refractivity contribution in [3.63, 3.8) is 0 Å². The van der Waals surface area contributed by atoms with Crippen LogP contribution in [0.25, 0.3) is 0 Å². The van der Waals surface area contributed by atoms with E-state index in [1.807, 2.05) is 0 Å². The number of nitrogens with one attached hydrogen (secondary N) is 1. The van der Waals surface area contributed by atoms with Gasteiger partial charge in [0.2, 0.25) is 11.3 Å². The fraction of sp³-hybridized carbons (Fsp3) is 0.400. The molecule has 1 heterocycles. The number of rotatable bonds is 3. The van der Waals surface area contributed by atoms with E-state index in [4.69, 9.17) is 0 Å². The largest absolute Gasteiger partial charge is 0.503 e. The summed E-state index contributed by atoms with van der Waals surface area (Å²) in [6.45, 7) is 2.08. The molecule has 0 aliphatic heterocycles. The van der Waals surface area contributed by atoms with Crippen LogP contribution in [0.1, 0.15) is 12.1 Å². The van der Waals surface area contributed by atoms with Crippen molar-refractivity contribution in [2.24, 2.45) is 0 Å². The summed E-state index contributed by atoms with van der Waals surface area (Å²) in [5.74, 6) is -0.331. The molecule has 1 aromatic heterocycles. The zero-order chi connectivity index (χ0) is 11.4. The molecule has 0 unspecified atom stereocenters. The highest BCUT2D eigenvalue weighted by atomic mass is 16.3. The molecule has 0 fully saturated rings. The Hall–Kier alpha value is -1.78. The molecule has 1 rings (SSSR count).